The third-order valence-electron chi connectivity index (χ3n) is 3.44. The molecule has 2 N–H and O–H groups in total. The zero-order valence-corrected chi connectivity index (χ0v) is 11.7. The number of hydrogen-bond acceptors (Lipinski definition) is 3. The van der Waals surface area contributed by atoms with Crippen molar-refractivity contribution in [1.29, 1.82) is 0 Å². The molecule has 0 saturated carbocycles. The maximum Gasteiger partial charge on any atom is 0.305 e. The molecule has 1 atom stereocenters. The Balaban J connectivity index is 2.82. The first-order chi connectivity index (χ1) is 8.17. The average Bonchev–Trinajstić information content (AvgIpc) is 2.64. The highest BCUT2D eigenvalue weighted by atomic mass is 16.4. The molecule has 1 heterocycles. The van der Waals surface area contributed by atoms with Crippen LogP contribution in [0.5, 0.6) is 0 Å². The van der Waals surface area contributed by atoms with Gasteiger partial charge in [0, 0.05) is 12.1 Å². The minimum Gasteiger partial charge on any atom is -0.481 e. The summed E-state index contributed by atoms with van der Waals surface area (Å²) < 4.78 is 0. The van der Waals surface area contributed by atoms with Gasteiger partial charge in [0.15, 0.2) is 0 Å². The van der Waals surface area contributed by atoms with Gasteiger partial charge in [-0.25, -0.2) is 0 Å². The lowest BCUT2D eigenvalue weighted by atomic mass is 9.94. The van der Waals surface area contributed by atoms with Crippen molar-refractivity contribution in [2.24, 2.45) is 0 Å². The van der Waals surface area contributed by atoms with Crippen LogP contribution in [-0.4, -0.2) is 46.1 Å². The van der Waals surface area contributed by atoms with Crippen LogP contribution in [0.25, 0.3) is 0 Å². The van der Waals surface area contributed by atoms with Crippen LogP contribution in [-0.2, 0) is 9.59 Å². The largest absolute Gasteiger partial charge is 0.481 e. The summed E-state index contributed by atoms with van der Waals surface area (Å²) >= 11 is 0. The summed E-state index contributed by atoms with van der Waals surface area (Å²) in [6.45, 7) is 8.82. The van der Waals surface area contributed by atoms with Crippen molar-refractivity contribution in [3.05, 3.63) is 0 Å². The maximum absolute atomic E-state index is 12.6. The van der Waals surface area contributed by atoms with E-state index in [1.54, 1.807) is 4.90 Å². The quantitative estimate of drug-likeness (QED) is 0.793. The first-order valence-corrected chi connectivity index (χ1v) is 6.46. The molecule has 1 unspecified atom stereocenters. The van der Waals surface area contributed by atoms with E-state index in [1.165, 1.54) is 0 Å². The van der Waals surface area contributed by atoms with Gasteiger partial charge in [-0.1, -0.05) is 0 Å². The van der Waals surface area contributed by atoms with Crippen molar-refractivity contribution in [2.75, 3.05) is 13.1 Å². The molecule has 0 aromatic rings. The topological polar surface area (TPSA) is 69.6 Å². The second kappa shape index (κ2) is 5.26. The standard InChI is InChI=1S/C13H24N2O3/c1-12(2,3)15(9-6-10(16)17)11(18)13(4)7-5-8-14-13/h14H,5-9H2,1-4H3,(H,16,17). The minimum absolute atomic E-state index is 0.00810. The first-order valence-electron chi connectivity index (χ1n) is 6.46. The number of rotatable bonds is 4. The molecule has 0 aromatic carbocycles. The van der Waals surface area contributed by atoms with Crippen LogP contribution in [0.2, 0.25) is 0 Å². The van der Waals surface area contributed by atoms with Crippen molar-refractivity contribution in [3.63, 3.8) is 0 Å². The van der Waals surface area contributed by atoms with Gasteiger partial charge in [-0.15, -0.1) is 0 Å². The van der Waals surface area contributed by atoms with E-state index in [-0.39, 0.29) is 24.4 Å². The van der Waals surface area contributed by atoms with Crippen LogP contribution >= 0.6 is 0 Å². The molecule has 5 heteroatoms. The van der Waals surface area contributed by atoms with Crippen LogP contribution in [0.15, 0.2) is 0 Å². The Bertz CT molecular complexity index is 328. The van der Waals surface area contributed by atoms with Crippen molar-refractivity contribution in [3.8, 4) is 0 Å². The van der Waals surface area contributed by atoms with Crippen molar-refractivity contribution in [2.45, 2.75) is 58.0 Å². The smallest absolute Gasteiger partial charge is 0.305 e. The fourth-order valence-electron chi connectivity index (χ4n) is 2.32. The fourth-order valence-corrected chi connectivity index (χ4v) is 2.32. The molecule has 0 bridgehead atoms. The molecule has 1 fully saturated rings. The molecule has 0 aliphatic carbocycles. The van der Waals surface area contributed by atoms with Gasteiger partial charge >= 0.3 is 5.97 Å². The van der Waals surface area contributed by atoms with Crippen molar-refractivity contribution >= 4 is 11.9 Å². The number of carboxylic acids is 1. The Labute approximate surface area is 109 Å². The highest BCUT2D eigenvalue weighted by Crippen LogP contribution is 2.25. The molecular weight excluding hydrogens is 232 g/mol. The lowest BCUT2D eigenvalue weighted by molar-refractivity contribution is -0.144. The van der Waals surface area contributed by atoms with Crippen LogP contribution in [0.3, 0.4) is 0 Å². The van der Waals surface area contributed by atoms with Crippen molar-refractivity contribution < 1.29 is 14.7 Å². The number of hydrogen-bond donors (Lipinski definition) is 2. The predicted molar refractivity (Wildman–Crippen MR) is 69.4 cm³/mol. The number of carbonyl (C=O) groups is 2. The fraction of sp³-hybridized carbons (Fsp3) is 0.846. The molecule has 5 nitrogen and oxygen atoms in total. The number of nitrogens with one attached hydrogen (secondary N) is 1. The number of amides is 1. The van der Waals surface area contributed by atoms with Gasteiger partial charge < -0.3 is 15.3 Å². The first kappa shape index (κ1) is 15.0. The lowest BCUT2D eigenvalue weighted by Gasteiger charge is -2.40. The second-order valence-corrected chi connectivity index (χ2v) is 6.13. The Morgan fingerprint density at radius 1 is 1.39 bits per heavy atom. The minimum atomic E-state index is -0.874. The number of aliphatic carboxylic acids is 1. The predicted octanol–water partition coefficient (Wildman–Crippen LogP) is 1.23. The highest BCUT2D eigenvalue weighted by molar-refractivity contribution is 5.87. The van der Waals surface area contributed by atoms with E-state index >= 15 is 0 Å². The molecule has 1 aliphatic rings. The molecule has 0 aromatic heterocycles. The molecule has 1 amide bonds. The monoisotopic (exact) mass is 256 g/mol. The van der Waals surface area contributed by atoms with Gasteiger partial charge in [0.2, 0.25) is 5.91 Å². The Morgan fingerprint density at radius 3 is 2.39 bits per heavy atom. The molecule has 18 heavy (non-hydrogen) atoms. The maximum atomic E-state index is 12.6. The normalized spacial score (nSPS) is 24.0. The van der Waals surface area contributed by atoms with Gasteiger partial charge in [-0.2, -0.15) is 0 Å². The highest BCUT2D eigenvalue weighted by Gasteiger charge is 2.41. The van der Waals surface area contributed by atoms with Crippen LogP contribution in [0, 0.1) is 0 Å². The van der Waals surface area contributed by atoms with Crippen molar-refractivity contribution in [1.82, 2.24) is 10.2 Å². The summed E-state index contributed by atoms with van der Waals surface area (Å²) in [6, 6.07) is 0. The summed E-state index contributed by atoms with van der Waals surface area (Å²) in [5, 5.41) is 12.0. The van der Waals surface area contributed by atoms with E-state index in [9.17, 15) is 9.59 Å². The van der Waals surface area contributed by atoms with Gasteiger partial charge in [0.1, 0.15) is 0 Å². The van der Waals surface area contributed by atoms with Crippen LogP contribution in [0.4, 0.5) is 0 Å². The lowest BCUT2D eigenvalue weighted by Crippen LogP contribution is -2.58. The van der Waals surface area contributed by atoms with E-state index in [0.717, 1.165) is 19.4 Å². The van der Waals surface area contributed by atoms with Gasteiger partial charge in [-0.3, -0.25) is 9.59 Å². The summed E-state index contributed by atoms with van der Waals surface area (Å²) in [6.07, 6.45) is 1.78. The summed E-state index contributed by atoms with van der Waals surface area (Å²) in [4.78, 5) is 25.0. The number of carboxylic acid groups (broad SMARTS) is 1. The van der Waals surface area contributed by atoms with Crippen LogP contribution in [0.1, 0.15) is 47.0 Å². The zero-order chi connectivity index (χ0) is 14.0. The zero-order valence-electron chi connectivity index (χ0n) is 11.7. The van der Waals surface area contributed by atoms with E-state index in [1.807, 2.05) is 27.7 Å². The van der Waals surface area contributed by atoms with Crippen LogP contribution < -0.4 is 5.32 Å². The second-order valence-electron chi connectivity index (χ2n) is 6.13. The summed E-state index contributed by atoms with van der Waals surface area (Å²) in [7, 11) is 0. The number of nitrogens with zero attached hydrogens (tertiary/aromatic N) is 1. The molecule has 0 spiro atoms. The van der Waals surface area contributed by atoms with Gasteiger partial charge in [0.25, 0.3) is 0 Å². The van der Waals surface area contributed by atoms with E-state index in [2.05, 4.69) is 5.32 Å². The number of carbonyl (C=O) groups excluding carboxylic acids is 1. The van der Waals surface area contributed by atoms with Gasteiger partial charge in [-0.05, 0) is 47.1 Å². The Kier molecular flexibility index (Phi) is 4.37. The molecule has 1 rings (SSSR count). The van der Waals surface area contributed by atoms with E-state index in [4.69, 9.17) is 5.11 Å². The third-order valence-corrected chi connectivity index (χ3v) is 3.44. The van der Waals surface area contributed by atoms with Gasteiger partial charge in [0.05, 0.1) is 12.0 Å². The Hall–Kier alpha value is -1.10. The molecule has 1 saturated heterocycles. The van der Waals surface area contributed by atoms with E-state index in [0.29, 0.717) is 0 Å². The average molecular weight is 256 g/mol. The summed E-state index contributed by atoms with van der Waals surface area (Å²) in [5.74, 6) is -0.865. The molecule has 0 radical (unpaired) electrons. The molecule has 1 aliphatic heterocycles. The van der Waals surface area contributed by atoms with E-state index < -0.39 is 11.5 Å². The molecule has 104 valence electrons. The molecular formula is C13H24N2O3. The Morgan fingerprint density at radius 2 is 2.00 bits per heavy atom. The summed E-state index contributed by atoms with van der Waals surface area (Å²) in [5.41, 5.74) is -0.897. The SMILES string of the molecule is CC1(C(=O)N(CCC(=O)O)C(C)(C)C)CCCN1. The third kappa shape index (κ3) is 3.45.